The van der Waals surface area contributed by atoms with Crippen molar-refractivity contribution in [2.75, 3.05) is 4.90 Å². The van der Waals surface area contributed by atoms with Gasteiger partial charge in [0.15, 0.2) is 0 Å². The molecule has 0 bridgehead atoms. The molecule has 0 aromatic heterocycles. The first-order valence-corrected chi connectivity index (χ1v) is 23.2. The lowest BCUT2D eigenvalue weighted by Crippen LogP contribution is -2.23. The van der Waals surface area contributed by atoms with Crippen molar-refractivity contribution in [2.45, 2.75) is 31.6 Å². The van der Waals surface area contributed by atoms with Crippen LogP contribution in [-0.2, 0) is 10.8 Å². The fraction of sp³-hybridized carbons (Fsp3) is 0.0769. The maximum absolute atomic E-state index is 2.55. The number of anilines is 3. The van der Waals surface area contributed by atoms with Gasteiger partial charge in [-0.05, 0) is 115 Å². The van der Waals surface area contributed by atoms with Crippen LogP contribution in [0.4, 0.5) is 17.1 Å². The monoisotopic (exact) mass is 843 g/mol. The summed E-state index contributed by atoms with van der Waals surface area (Å²) in [5.41, 5.74) is 24.3. The number of hydrogen-bond donors (Lipinski definition) is 0. The van der Waals surface area contributed by atoms with E-state index in [0.29, 0.717) is 0 Å². The Balaban J connectivity index is 1.13. The number of fused-ring (bicyclic) bond motifs is 6. The molecule has 1 unspecified atom stereocenters. The summed E-state index contributed by atoms with van der Waals surface area (Å²) in [7, 11) is 0. The van der Waals surface area contributed by atoms with E-state index in [1.54, 1.807) is 0 Å². The molecule has 2 aliphatic carbocycles. The summed E-state index contributed by atoms with van der Waals surface area (Å²) in [6.45, 7) is 7.20. The summed E-state index contributed by atoms with van der Waals surface area (Å²) in [5, 5.41) is 0. The zero-order valence-electron chi connectivity index (χ0n) is 37.5. The van der Waals surface area contributed by atoms with Gasteiger partial charge in [-0.2, -0.15) is 0 Å². The van der Waals surface area contributed by atoms with Crippen LogP contribution in [0.1, 0.15) is 48.6 Å². The van der Waals surface area contributed by atoms with Gasteiger partial charge in [0.1, 0.15) is 0 Å². The van der Waals surface area contributed by atoms with Gasteiger partial charge >= 0.3 is 0 Å². The van der Waals surface area contributed by atoms with Crippen molar-refractivity contribution in [3.63, 3.8) is 0 Å². The van der Waals surface area contributed by atoms with E-state index >= 15 is 0 Å². The molecule has 0 heterocycles. The summed E-state index contributed by atoms with van der Waals surface area (Å²) in [4.78, 5) is 2.55. The summed E-state index contributed by atoms with van der Waals surface area (Å²) in [5.74, 6) is 0. The van der Waals surface area contributed by atoms with Crippen molar-refractivity contribution in [2.24, 2.45) is 0 Å². The molecule has 0 aliphatic heterocycles. The van der Waals surface area contributed by atoms with Crippen molar-refractivity contribution in [3.8, 4) is 66.8 Å². The molecule has 1 atom stereocenters. The van der Waals surface area contributed by atoms with E-state index in [9.17, 15) is 0 Å². The van der Waals surface area contributed by atoms with Crippen LogP contribution in [-0.4, -0.2) is 0 Å². The summed E-state index contributed by atoms with van der Waals surface area (Å²) in [6, 6.07) is 89.8. The zero-order chi connectivity index (χ0) is 44.4. The predicted molar refractivity (Wildman–Crippen MR) is 278 cm³/mol. The second-order valence-electron chi connectivity index (χ2n) is 18.5. The highest BCUT2D eigenvalue weighted by Gasteiger charge is 2.42. The van der Waals surface area contributed by atoms with E-state index in [-0.39, 0.29) is 10.8 Å². The Bertz CT molecular complexity index is 3470. The van der Waals surface area contributed by atoms with Gasteiger partial charge in [0, 0.05) is 27.6 Å². The topological polar surface area (TPSA) is 3.24 Å². The van der Waals surface area contributed by atoms with Crippen LogP contribution in [0, 0.1) is 0 Å². The third-order valence-corrected chi connectivity index (χ3v) is 14.6. The SMILES string of the molecule is CC1(C)c2ccccc2-c2cccc(-c3ccccc3N(c3ccc4c(c3)C(C)(c3ccccc3)c3ccccc3-4)c3ccccc3-c3ccccc3-c3ccccc3-c3ccccc3)c21. The number of hydrogen-bond acceptors (Lipinski definition) is 1. The molecule has 12 rings (SSSR count). The van der Waals surface area contributed by atoms with Crippen molar-refractivity contribution < 1.29 is 0 Å². The van der Waals surface area contributed by atoms with Crippen LogP contribution in [0.2, 0.25) is 0 Å². The van der Waals surface area contributed by atoms with Crippen LogP contribution in [0.15, 0.2) is 243 Å². The fourth-order valence-corrected chi connectivity index (χ4v) is 11.5. The number of benzene rings is 10. The van der Waals surface area contributed by atoms with Crippen LogP contribution in [0.3, 0.4) is 0 Å². The number of nitrogens with zero attached hydrogens (tertiary/aromatic N) is 1. The summed E-state index contributed by atoms with van der Waals surface area (Å²) < 4.78 is 0. The molecule has 0 saturated carbocycles. The molecule has 0 saturated heterocycles. The highest BCUT2D eigenvalue weighted by Crippen LogP contribution is 2.57. The Morgan fingerprint density at radius 3 is 1.33 bits per heavy atom. The molecule has 66 heavy (non-hydrogen) atoms. The minimum absolute atomic E-state index is 0.194. The average Bonchev–Trinajstić information content (AvgIpc) is 3.78. The van der Waals surface area contributed by atoms with Gasteiger partial charge in [0.05, 0.1) is 11.4 Å². The largest absolute Gasteiger partial charge is 0.309 e. The standard InChI is InChI=1S/C65H49N/c1-64(2)58-37-18-14-32-52(58)56-35-22-36-57(63(56)64)55-34-17-21-40-62(55)66(46-41-42-53-51-31-15-19-38-59(51)65(3,60(53)43-46)45-25-8-5-9-26-45)61-39-20-16-33-54(61)50-30-13-12-29-49(50)48-28-11-10-27-47(48)44-23-6-4-7-24-44/h4-43H,1-3H3. The van der Waals surface area contributed by atoms with Gasteiger partial charge in [-0.15, -0.1) is 0 Å². The summed E-state index contributed by atoms with van der Waals surface area (Å²) >= 11 is 0. The minimum Gasteiger partial charge on any atom is -0.309 e. The normalized spacial score (nSPS) is 15.1. The Labute approximate surface area is 389 Å². The number of para-hydroxylation sites is 2. The maximum Gasteiger partial charge on any atom is 0.0540 e. The third-order valence-electron chi connectivity index (χ3n) is 14.6. The first-order valence-electron chi connectivity index (χ1n) is 23.2. The molecule has 10 aromatic rings. The van der Waals surface area contributed by atoms with E-state index in [1.165, 1.54) is 89.0 Å². The molecule has 1 nitrogen and oxygen atoms in total. The Hall–Kier alpha value is -8.00. The molecule has 0 amide bonds. The van der Waals surface area contributed by atoms with E-state index in [0.717, 1.165) is 22.6 Å². The van der Waals surface area contributed by atoms with E-state index in [1.807, 2.05) is 0 Å². The van der Waals surface area contributed by atoms with Crippen molar-refractivity contribution in [3.05, 3.63) is 270 Å². The first kappa shape index (κ1) is 39.6. The third kappa shape index (κ3) is 6.07. The van der Waals surface area contributed by atoms with Crippen LogP contribution in [0.25, 0.3) is 66.8 Å². The molecule has 0 spiro atoms. The highest BCUT2D eigenvalue weighted by molar-refractivity contribution is 6.01. The highest BCUT2D eigenvalue weighted by atomic mass is 15.1. The molecule has 10 aromatic carbocycles. The van der Waals surface area contributed by atoms with Gasteiger partial charge in [-0.25, -0.2) is 0 Å². The predicted octanol–water partition coefficient (Wildman–Crippen LogP) is 17.5. The van der Waals surface area contributed by atoms with Crippen molar-refractivity contribution >= 4 is 17.1 Å². The molecule has 1 heteroatoms. The second kappa shape index (κ2) is 15.6. The summed E-state index contributed by atoms with van der Waals surface area (Å²) in [6.07, 6.45) is 0. The van der Waals surface area contributed by atoms with Gasteiger partial charge in [-0.3, -0.25) is 0 Å². The molecule has 314 valence electrons. The molecule has 0 radical (unpaired) electrons. The van der Waals surface area contributed by atoms with Crippen LogP contribution < -0.4 is 4.90 Å². The minimum atomic E-state index is -0.363. The van der Waals surface area contributed by atoms with Gasteiger partial charge < -0.3 is 4.90 Å². The lowest BCUT2D eigenvalue weighted by Gasteiger charge is -2.33. The van der Waals surface area contributed by atoms with Crippen LogP contribution >= 0.6 is 0 Å². The molecular weight excluding hydrogens is 795 g/mol. The van der Waals surface area contributed by atoms with E-state index < -0.39 is 0 Å². The smallest absolute Gasteiger partial charge is 0.0540 e. The first-order chi connectivity index (χ1) is 32.4. The lowest BCUT2D eigenvalue weighted by molar-refractivity contribution is 0.662. The second-order valence-corrected chi connectivity index (χ2v) is 18.5. The van der Waals surface area contributed by atoms with Gasteiger partial charge in [0.25, 0.3) is 0 Å². The van der Waals surface area contributed by atoms with E-state index in [4.69, 9.17) is 0 Å². The average molecular weight is 844 g/mol. The number of rotatable bonds is 8. The zero-order valence-corrected chi connectivity index (χ0v) is 37.5. The van der Waals surface area contributed by atoms with Gasteiger partial charge in [0.2, 0.25) is 0 Å². The van der Waals surface area contributed by atoms with Crippen molar-refractivity contribution in [1.82, 2.24) is 0 Å². The Morgan fingerprint density at radius 1 is 0.288 bits per heavy atom. The van der Waals surface area contributed by atoms with Crippen molar-refractivity contribution in [1.29, 1.82) is 0 Å². The Morgan fingerprint density at radius 2 is 0.697 bits per heavy atom. The molecular formula is C65H49N. The fourth-order valence-electron chi connectivity index (χ4n) is 11.5. The lowest BCUT2D eigenvalue weighted by atomic mass is 9.74. The van der Waals surface area contributed by atoms with Gasteiger partial charge in [-0.1, -0.05) is 232 Å². The quantitative estimate of drug-likeness (QED) is 0.147. The molecule has 2 aliphatic rings. The Kier molecular flexibility index (Phi) is 9.36. The molecule has 0 fully saturated rings. The van der Waals surface area contributed by atoms with E-state index in [2.05, 4.69) is 268 Å². The van der Waals surface area contributed by atoms with Crippen LogP contribution in [0.5, 0.6) is 0 Å². The maximum atomic E-state index is 2.55. The molecule has 0 N–H and O–H groups in total.